The summed E-state index contributed by atoms with van der Waals surface area (Å²) in [6.45, 7) is 8.99. The minimum atomic E-state index is -0.0407. The fourth-order valence-electron chi connectivity index (χ4n) is 2.97. The van der Waals surface area contributed by atoms with Gasteiger partial charge in [0.1, 0.15) is 5.82 Å². The fraction of sp³-hybridized carbons (Fsp3) is 0.750. The Morgan fingerprint density at radius 3 is 3.09 bits per heavy atom. The number of nitrogens with one attached hydrogen (secondary N) is 2. The molecular formula is C16H29N5O. The highest BCUT2D eigenvalue weighted by atomic mass is 16.2. The molecule has 6 nitrogen and oxygen atoms in total. The molecule has 2 heterocycles. The van der Waals surface area contributed by atoms with Crippen molar-refractivity contribution in [2.45, 2.75) is 39.7 Å². The second-order valence-corrected chi connectivity index (χ2v) is 6.50. The number of rotatable bonds is 6. The lowest BCUT2D eigenvalue weighted by atomic mass is 10.0. The van der Waals surface area contributed by atoms with Crippen LogP contribution in [-0.2, 0) is 6.54 Å². The summed E-state index contributed by atoms with van der Waals surface area (Å²) in [7, 11) is 1.79. The molecule has 0 bridgehead atoms. The molecule has 0 saturated carbocycles. The van der Waals surface area contributed by atoms with Crippen LogP contribution in [-0.4, -0.2) is 59.0 Å². The predicted molar refractivity (Wildman–Crippen MR) is 87.6 cm³/mol. The van der Waals surface area contributed by atoms with E-state index < -0.39 is 0 Å². The second kappa shape index (κ2) is 8.17. The number of aromatic amines is 1. The zero-order valence-electron chi connectivity index (χ0n) is 14.1. The molecule has 1 atom stereocenters. The van der Waals surface area contributed by atoms with Gasteiger partial charge in [0.15, 0.2) is 0 Å². The number of urea groups is 1. The number of amides is 2. The van der Waals surface area contributed by atoms with Crippen molar-refractivity contribution in [1.29, 1.82) is 0 Å². The van der Waals surface area contributed by atoms with E-state index in [1.165, 1.54) is 25.9 Å². The van der Waals surface area contributed by atoms with E-state index >= 15 is 0 Å². The Hall–Kier alpha value is -1.56. The van der Waals surface area contributed by atoms with Crippen LogP contribution in [0.3, 0.4) is 0 Å². The van der Waals surface area contributed by atoms with Crippen LogP contribution < -0.4 is 5.32 Å². The number of hydrogen-bond acceptors (Lipinski definition) is 3. The number of hydrogen-bond donors (Lipinski definition) is 2. The molecule has 1 saturated heterocycles. The van der Waals surface area contributed by atoms with Crippen molar-refractivity contribution >= 4 is 6.03 Å². The first kappa shape index (κ1) is 16.8. The van der Waals surface area contributed by atoms with E-state index in [0.29, 0.717) is 6.54 Å². The van der Waals surface area contributed by atoms with Crippen molar-refractivity contribution in [2.75, 3.05) is 33.2 Å². The van der Waals surface area contributed by atoms with Gasteiger partial charge in [-0.2, -0.15) is 0 Å². The number of aryl methyl sites for hydroxylation is 1. The van der Waals surface area contributed by atoms with Gasteiger partial charge in [-0.05, 0) is 45.2 Å². The van der Waals surface area contributed by atoms with E-state index in [2.05, 4.69) is 27.1 Å². The van der Waals surface area contributed by atoms with Gasteiger partial charge < -0.3 is 20.1 Å². The molecule has 1 unspecified atom stereocenters. The molecule has 2 rings (SSSR count). The van der Waals surface area contributed by atoms with Crippen molar-refractivity contribution in [3.8, 4) is 0 Å². The molecule has 124 valence electrons. The molecule has 1 aromatic heterocycles. The number of carbonyl (C=O) groups is 1. The first-order chi connectivity index (χ1) is 10.5. The monoisotopic (exact) mass is 307 g/mol. The van der Waals surface area contributed by atoms with Gasteiger partial charge in [-0.1, -0.05) is 6.92 Å². The lowest BCUT2D eigenvalue weighted by molar-refractivity contribution is 0.179. The van der Waals surface area contributed by atoms with E-state index in [9.17, 15) is 4.79 Å². The SMILES string of the molecule is Cc1cnc(CN(C)C(=O)NCCCN2CCCC(C)C2)[nH]1. The van der Waals surface area contributed by atoms with Crippen molar-refractivity contribution < 1.29 is 4.79 Å². The zero-order valence-corrected chi connectivity index (χ0v) is 14.1. The van der Waals surface area contributed by atoms with Gasteiger partial charge in [-0.3, -0.25) is 0 Å². The van der Waals surface area contributed by atoms with Crippen LogP contribution in [0.15, 0.2) is 6.20 Å². The number of imidazole rings is 1. The third-order valence-electron chi connectivity index (χ3n) is 4.16. The molecule has 1 aliphatic rings. The third-order valence-corrected chi connectivity index (χ3v) is 4.16. The Kier molecular flexibility index (Phi) is 6.24. The fourth-order valence-corrected chi connectivity index (χ4v) is 2.97. The standard InChI is InChI=1S/C16H29N5O/c1-13-6-4-8-21(11-13)9-5-7-17-16(22)20(3)12-15-18-10-14(2)19-15/h10,13H,4-9,11-12H2,1-3H3,(H,17,22)(H,18,19). The van der Waals surface area contributed by atoms with Crippen molar-refractivity contribution in [3.05, 3.63) is 17.7 Å². The molecule has 0 spiro atoms. The molecule has 2 amide bonds. The Labute approximate surface area is 133 Å². The molecule has 1 fully saturated rings. The summed E-state index contributed by atoms with van der Waals surface area (Å²) in [5.41, 5.74) is 1.01. The molecule has 2 N–H and O–H groups in total. The van der Waals surface area contributed by atoms with Crippen LogP contribution in [0.2, 0.25) is 0 Å². The first-order valence-electron chi connectivity index (χ1n) is 8.26. The maximum Gasteiger partial charge on any atom is 0.317 e. The van der Waals surface area contributed by atoms with Gasteiger partial charge >= 0.3 is 6.03 Å². The average Bonchev–Trinajstić information content (AvgIpc) is 2.88. The van der Waals surface area contributed by atoms with Crippen LogP contribution in [0.1, 0.15) is 37.7 Å². The quantitative estimate of drug-likeness (QED) is 0.790. The summed E-state index contributed by atoms with van der Waals surface area (Å²) in [6, 6.07) is -0.0407. The Morgan fingerprint density at radius 2 is 2.41 bits per heavy atom. The Bertz CT molecular complexity index is 473. The van der Waals surface area contributed by atoms with Crippen LogP contribution in [0.4, 0.5) is 4.79 Å². The highest BCUT2D eigenvalue weighted by Gasteiger charge is 2.15. The number of nitrogens with zero attached hydrogens (tertiary/aromatic N) is 3. The highest BCUT2D eigenvalue weighted by Crippen LogP contribution is 2.15. The van der Waals surface area contributed by atoms with Gasteiger partial charge in [0.25, 0.3) is 0 Å². The van der Waals surface area contributed by atoms with Gasteiger partial charge in [-0.15, -0.1) is 0 Å². The number of piperidine rings is 1. The summed E-state index contributed by atoms with van der Waals surface area (Å²) < 4.78 is 0. The van der Waals surface area contributed by atoms with Crippen molar-refractivity contribution in [1.82, 2.24) is 25.1 Å². The summed E-state index contributed by atoms with van der Waals surface area (Å²) in [5, 5.41) is 2.98. The first-order valence-corrected chi connectivity index (χ1v) is 8.26. The van der Waals surface area contributed by atoms with E-state index in [1.807, 2.05) is 6.92 Å². The summed E-state index contributed by atoms with van der Waals surface area (Å²) >= 11 is 0. The zero-order chi connectivity index (χ0) is 15.9. The molecule has 0 radical (unpaired) electrons. The molecule has 0 aromatic carbocycles. The van der Waals surface area contributed by atoms with Gasteiger partial charge in [0.2, 0.25) is 0 Å². The second-order valence-electron chi connectivity index (χ2n) is 6.50. The van der Waals surface area contributed by atoms with E-state index in [4.69, 9.17) is 0 Å². The molecule has 1 aromatic rings. The van der Waals surface area contributed by atoms with Gasteiger partial charge in [-0.25, -0.2) is 9.78 Å². The molecule has 1 aliphatic heterocycles. The number of H-pyrrole nitrogens is 1. The minimum absolute atomic E-state index is 0.0407. The Morgan fingerprint density at radius 1 is 1.59 bits per heavy atom. The van der Waals surface area contributed by atoms with E-state index in [-0.39, 0.29) is 6.03 Å². The van der Waals surface area contributed by atoms with Crippen LogP contribution in [0.25, 0.3) is 0 Å². The average molecular weight is 307 g/mol. The largest absolute Gasteiger partial charge is 0.345 e. The molecule has 0 aliphatic carbocycles. The predicted octanol–water partition coefficient (Wildman–Crippen LogP) is 1.98. The van der Waals surface area contributed by atoms with Crippen molar-refractivity contribution in [3.63, 3.8) is 0 Å². The molecule has 6 heteroatoms. The highest BCUT2D eigenvalue weighted by molar-refractivity contribution is 5.73. The number of aromatic nitrogens is 2. The van der Waals surface area contributed by atoms with Crippen LogP contribution in [0, 0.1) is 12.8 Å². The lowest BCUT2D eigenvalue weighted by Gasteiger charge is -2.30. The maximum atomic E-state index is 12.0. The summed E-state index contributed by atoms with van der Waals surface area (Å²) in [4.78, 5) is 23.5. The minimum Gasteiger partial charge on any atom is -0.345 e. The third kappa shape index (κ3) is 5.33. The Balaban J connectivity index is 1.60. The smallest absolute Gasteiger partial charge is 0.317 e. The lowest BCUT2D eigenvalue weighted by Crippen LogP contribution is -2.39. The summed E-state index contributed by atoms with van der Waals surface area (Å²) in [6.07, 6.45) is 5.44. The van der Waals surface area contributed by atoms with Crippen LogP contribution >= 0.6 is 0 Å². The van der Waals surface area contributed by atoms with Gasteiger partial charge in [0.05, 0.1) is 6.54 Å². The molecule has 22 heavy (non-hydrogen) atoms. The van der Waals surface area contributed by atoms with E-state index in [1.54, 1.807) is 18.1 Å². The van der Waals surface area contributed by atoms with Crippen molar-refractivity contribution in [2.24, 2.45) is 5.92 Å². The normalized spacial score (nSPS) is 19.1. The topological polar surface area (TPSA) is 64.3 Å². The van der Waals surface area contributed by atoms with Crippen LogP contribution in [0.5, 0.6) is 0 Å². The summed E-state index contributed by atoms with van der Waals surface area (Å²) in [5.74, 6) is 1.63. The molecular weight excluding hydrogens is 278 g/mol. The maximum absolute atomic E-state index is 12.0. The number of carbonyl (C=O) groups excluding carboxylic acids is 1. The number of likely N-dealkylation sites (tertiary alicyclic amines) is 1. The van der Waals surface area contributed by atoms with E-state index in [0.717, 1.165) is 36.9 Å². The van der Waals surface area contributed by atoms with Gasteiger partial charge in [0, 0.05) is 32.0 Å².